The lowest BCUT2D eigenvalue weighted by molar-refractivity contribution is -0.122. The monoisotopic (exact) mass is 338 g/mol. The van der Waals surface area contributed by atoms with Crippen LogP contribution in [-0.4, -0.2) is 37.8 Å². The van der Waals surface area contributed by atoms with Crippen molar-refractivity contribution in [2.45, 2.75) is 50.8 Å². The van der Waals surface area contributed by atoms with Crippen molar-refractivity contribution in [2.75, 3.05) is 13.1 Å². The summed E-state index contributed by atoms with van der Waals surface area (Å²) in [6.07, 6.45) is 3.83. The zero-order valence-corrected chi connectivity index (χ0v) is 14.5. The molecule has 5 nitrogen and oxygen atoms in total. The fraction of sp³-hybridized carbons (Fsp3) is 0.588. The molecule has 1 fully saturated rings. The summed E-state index contributed by atoms with van der Waals surface area (Å²) >= 11 is 0. The largest absolute Gasteiger partial charge is 0.353 e. The van der Waals surface area contributed by atoms with E-state index in [0.29, 0.717) is 32.4 Å². The molecule has 0 radical (unpaired) electrons. The van der Waals surface area contributed by atoms with Crippen molar-refractivity contribution in [1.29, 1.82) is 0 Å². The molecule has 2 rings (SSSR count). The molecule has 23 heavy (non-hydrogen) atoms. The van der Waals surface area contributed by atoms with Crippen molar-refractivity contribution in [2.24, 2.45) is 0 Å². The molecule has 128 valence electrons. The van der Waals surface area contributed by atoms with Crippen LogP contribution >= 0.6 is 0 Å². The fourth-order valence-corrected chi connectivity index (χ4v) is 4.36. The van der Waals surface area contributed by atoms with Gasteiger partial charge in [-0.1, -0.05) is 43.7 Å². The molecule has 0 unspecified atom stereocenters. The highest BCUT2D eigenvalue weighted by Crippen LogP contribution is 2.18. The molecule has 0 bridgehead atoms. The first kappa shape index (κ1) is 17.9. The number of benzene rings is 1. The van der Waals surface area contributed by atoms with E-state index in [-0.39, 0.29) is 17.7 Å². The first-order chi connectivity index (χ1) is 11.0. The van der Waals surface area contributed by atoms with Crippen LogP contribution in [0.2, 0.25) is 0 Å². The summed E-state index contributed by atoms with van der Waals surface area (Å²) in [6, 6.07) is 9.34. The van der Waals surface area contributed by atoms with Crippen molar-refractivity contribution in [3.05, 3.63) is 35.9 Å². The Morgan fingerprint density at radius 3 is 2.48 bits per heavy atom. The van der Waals surface area contributed by atoms with Crippen molar-refractivity contribution in [3.63, 3.8) is 0 Å². The minimum absolute atomic E-state index is 0.0430. The second kappa shape index (κ2) is 8.45. The Morgan fingerprint density at radius 1 is 1.22 bits per heavy atom. The van der Waals surface area contributed by atoms with Gasteiger partial charge in [0.1, 0.15) is 0 Å². The minimum Gasteiger partial charge on any atom is -0.353 e. The summed E-state index contributed by atoms with van der Waals surface area (Å²) in [5.41, 5.74) is 0.808. The Balaban J connectivity index is 1.82. The van der Waals surface area contributed by atoms with Crippen molar-refractivity contribution < 1.29 is 13.2 Å². The zero-order chi connectivity index (χ0) is 16.7. The quantitative estimate of drug-likeness (QED) is 0.829. The maximum absolute atomic E-state index is 12.5. The summed E-state index contributed by atoms with van der Waals surface area (Å²) < 4.78 is 26.5. The molecule has 1 aliphatic heterocycles. The number of nitrogens with zero attached hydrogens (tertiary/aromatic N) is 1. The smallest absolute Gasteiger partial charge is 0.220 e. The van der Waals surface area contributed by atoms with E-state index in [1.807, 2.05) is 30.3 Å². The highest BCUT2D eigenvalue weighted by atomic mass is 32.2. The van der Waals surface area contributed by atoms with E-state index in [1.54, 1.807) is 4.31 Å². The standard InChI is InChI=1S/C17H26N2O3S/c1-2-3-9-17(20)18-16-10-12-19(13-11-16)23(21,22)14-15-7-5-4-6-8-15/h4-8,16H,2-3,9-14H2,1H3,(H,18,20). The van der Waals surface area contributed by atoms with Gasteiger partial charge in [0.2, 0.25) is 15.9 Å². The second-order valence-electron chi connectivity index (χ2n) is 6.09. The Morgan fingerprint density at radius 2 is 1.87 bits per heavy atom. The summed E-state index contributed by atoms with van der Waals surface area (Å²) in [6.45, 7) is 3.02. The third-order valence-corrected chi connectivity index (χ3v) is 6.01. The van der Waals surface area contributed by atoms with Gasteiger partial charge in [-0.15, -0.1) is 0 Å². The van der Waals surface area contributed by atoms with Gasteiger partial charge in [0.05, 0.1) is 5.75 Å². The SMILES string of the molecule is CCCCC(=O)NC1CCN(S(=O)(=O)Cc2ccccc2)CC1. The van der Waals surface area contributed by atoms with E-state index in [1.165, 1.54) is 0 Å². The number of rotatable bonds is 7. The molecule has 6 heteroatoms. The average molecular weight is 338 g/mol. The van der Waals surface area contributed by atoms with Gasteiger partial charge in [-0.2, -0.15) is 0 Å². The Labute approximate surface area is 139 Å². The topological polar surface area (TPSA) is 66.5 Å². The van der Waals surface area contributed by atoms with Crippen molar-refractivity contribution >= 4 is 15.9 Å². The molecule has 1 heterocycles. The Hall–Kier alpha value is -1.40. The van der Waals surface area contributed by atoms with Gasteiger partial charge < -0.3 is 5.32 Å². The minimum atomic E-state index is -3.28. The molecule has 1 amide bonds. The summed E-state index contributed by atoms with van der Waals surface area (Å²) in [5.74, 6) is 0.124. The molecular formula is C17H26N2O3S. The molecule has 0 aliphatic carbocycles. The van der Waals surface area contributed by atoms with E-state index < -0.39 is 10.0 Å². The molecule has 1 aromatic rings. The lowest BCUT2D eigenvalue weighted by Crippen LogP contribution is -2.46. The van der Waals surface area contributed by atoms with Crippen LogP contribution in [0.15, 0.2) is 30.3 Å². The molecule has 0 atom stereocenters. The lowest BCUT2D eigenvalue weighted by atomic mass is 10.1. The van der Waals surface area contributed by atoms with Crippen LogP contribution in [0.25, 0.3) is 0 Å². The first-order valence-corrected chi connectivity index (χ1v) is 9.93. The van der Waals surface area contributed by atoms with Crippen LogP contribution in [0.3, 0.4) is 0 Å². The average Bonchev–Trinajstić information content (AvgIpc) is 2.54. The van der Waals surface area contributed by atoms with Gasteiger partial charge in [0.25, 0.3) is 0 Å². The Kier molecular flexibility index (Phi) is 6.59. The number of nitrogens with one attached hydrogen (secondary N) is 1. The highest BCUT2D eigenvalue weighted by molar-refractivity contribution is 7.88. The highest BCUT2D eigenvalue weighted by Gasteiger charge is 2.28. The van der Waals surface area contributed by atoms with Crippen LogP contribution in [0.5, 0.6) is 0 Å². The van der Waals surface area contributed by atoms with Crippen LogP contribution < -0.4 is 5.32 Å². The number of hydrogen-bond donors (Lipinski definition) is 1. The predicted molar refractivity (Wildman–Crippen MR) is 91.3 cm³/mol. The van der Waals surface area contributed by atoms with Crippen LogP contribution in [0.1, 0.15) is 44.6 Å². The first-order valence-electron chi connectivity index (χ1n) is 8.32. The van der Waals surface area contributed by atoms with Gasteiger partial charge >= 0.3 is 0 Å². The Bertz CT molecular complexity index is 594. The summed E-state index contributed by atoms with van der Waals surface area (Å²) in [5, 5.41) is 3.01. The molecule has 0 saturated carbocycles. The fourth-order valence-electron chi connectivity index (χ4n) is 2.79. The van der Waals surface area contributed by atoms with Crippen LogP contribution in [0.4, 0.5) is 0 Å². The summed E-state index contributed by atoms with van der Waals surface area (Å²) in [7, 11) is -3.28. The van der Waals surface area contributed by atoms with Crippen LogP contribution in [0, 0.1) is 0 Å². The van der Waals surface area contributed by atoms with Gasteiger partial charge in [0, 0.05) is 25.6 Å². The molecule has 1 aliphatic rings. The van der Waals surface area contributed by atoms with Crippen molar-refractivity contribution in [1.82, 2.24) is 9.62 Å². The summed E-state index contributed by atoms with van der Waals surface area (Å²) in [4.78, 5) is 11.7. The predicted octanol–water partition coefficient (Wildman–Crippen LogP) is 2.29. The van der Waals surface area contributed by atoms with Gasteiger partial charge in [-0.25, -0.2) is 12.7 Å². The molecule has 0 spiro atoms. The van der Waals surface area contributed by atoms with E-state index in [4.69, 9.17) is 0 Å². The molecule has 1 N–H and O–H groups in total. The third kappa shape index (κ3) is 5.62. The number of sulfonamides is 1. The van der Waals surface area contributed by atoms with E-state index in [9.17, 15) is 13.2 Å². The number of unbranched alkanes of at least 4 members (excludes halogenated alkanes) is 1. The van der Waals surface area contributed by atoms with E-state index in [0.717, 1.165) is 18.4 Å². The molecular weight excluding hydrogens is 312 g/mol. The normalized spacial score (nSPS) is 17.1. The number of amides is 1. The number of piperidine rings is 1. The maximum atomic E-state index is 12.5. The molecule has 1 aromatic carbocycles. The lowest BCUT2D eigenvalue weighted by Gasteiger charge is -2.31. The maximum Gasteiger partial charge on any atom is 0.220 e. The van der Waals surface area contributed by atoms with Gasteiger partial charge in [0.15, 0.2) is 0 Å². The zero-order valence-electron chi connectivity index (χ0n) is 13.7. The van der Waals surface area contributed by atoms with Gasteiger partial charge in [-0.3, -0.25) is 4.79 Å². The van der Waals surface area contributed by atoms with E-state index in [2.05, 4.69) is 12.2 Å². The van der Waals surface area contributed by atoms with Crippen molar-refractivity contribution in [3.8, 4) is 0 Å². The second-order valence-corrected chi connectivity index (χ2v) is 8.06. The van der Waals surface area contributed by atoms with E-state index >= 15 is 0 Å². The van der Waals surface area contributed by atoms with Gasteiger partial charge in [-0.05, 0) is 24.8 Å². The molecule has 0 aromatic heterocycles. The third-order valence-electron chi connectivity index (χ3n) is 4.16. The van der Waals surface area contributed by atoms with Crippen LogP contribution in [-0.2, 0) is 20.6 Å². The number of hydrogen-bond acceptors (Lipinski definition) is 3. The molecule has 1 saturated heterocycles. The number of carbonyl (C=O) groups excluding carboxylic acids is 1. The number of carbonyl (C=O) groups is 1.